The predicted octanol–water partition coefficient (Wildman–Crippen LogP) is 2.03. The molecule has 1 rings (SSSR count). The molecular weight excluding hydrogens is 239 g/mol. The lowest BCUT2D eigenvalue weighted by molar-refractivity contribution is 0.884. The zero-order valence-corrected chi connectivity index (χ0v) is 8.00. The van der Waals surface area contributed by atoms with Gasteiger partial charge in [-0.1, -0.05) is 13.3 Å². The van der Waals surface area contributed by atoms with Crippen LogP contribution in [0.4, 0.5) is 0 Å². The van der Waals surface area contributed by atoms with Gasteiger partial charge in [0.1, 0.15) is 3.70 Å². The van der Waals surface area contributed by atoms with Crippen molar-refractivity contribution in [2.75, 3.05) is 0 Å². The molecule has 0 amide bonds. The van der Waals surface area contributed by atoms with E-state index in [2.05, 4.69) is 45.8 Å². The summed E-state index contributed by atoms with van der Waals surface area (Å²) < 4.78 is 0.976. The highest BCUT2D eigenvalue weighted by molar-refractivity contribution is 14.1. The van der Waals surface area contributed by atoms with E-state index in [0.29, 0.717) is 0 Å². The molecule has 0 radical (unpaired) electrons. The van der Waals surface area contributed by atoms with Crippen LogP contribution in [-0.2, 0) is 6.42 Å². The standard InChI is InChI=1S/C7H9IN2/c1-2-3-6-4-7(8)10-9-5-6/h4-5H,2-3H2,1H3. The summed E-state index contributed by atoms with van der Waals surface area (Å²) in [6.45, 7) is 2.16. The molecular formula is C7H9IN2. The molecule has 3 heteroatoms. The van der Waals surface area contributed by atoms with Gasteiger partial charge < -0.3 is 0 Å². The molecule has 1 aromatic heterocycles. The van der Waals surface area contributed by atoms with Crippen molar-refractivity contribution < 1.29 is 0 Å². The Morgan fingerprint density at radius 1 is 1.60 bits per heavy atom. The van der Waals surface area contributed by atoms with Gasteiger partial charge >= 0.3 is 0 Å². The van der Waals surface area contributed by atoms with Crippen LogP contribution in [0.2, 0.25) is 0 Å². The summed E-state index contributed by atoms with van der Waals surface area (Å²) in [5.74, 6) is 0. The Kier molecular flexibility index (Phi) is 3.05. The molecule has 0 aliphatic heterocycles. The highest BCUT2D eigenvalue weighted by atomic mass is 127. The smallest absolute Gasteiger partial charge is 0.124 e. The van der Waals surface area contributed by atoms with Gasteiger partial charge in [0.25, 0.3) is 0 Å². The molecule has 1 heterocycles. The average Bonchev–Trinajstić information content (AvgIpc) is 1.88. The van der Waals surface area contributed by atoms with E-state index in [9.17, 15) is 0 Å². The summed E-state index contributed by atoms with van der Waals surface area (Å²) in [4.78, 5) is 0. The van der Waals surface area contributed by atoms with Gasteiger partial charge in [-0.3, -0.25) is 0 Å². The minimum atomic E-state index is 0.976. The fourth-order valence-corrected chi connectivity index (χ4v) is 1.33. The second kappa shape index (κ2) is 3.85. The van der Waals surface area contributed by atoms with E-state index in [1.807, 2.05) is 6.20 Å². The highest BCUT2D eigenvalue weighted by Gasteiger charge is 1.92. The average molecular weight is 248 g/mol. The van der Waals surface area contributed by atoms with Crippen molar-refractivity contribution in [1.82, 2.24) is 10.2 Å². The lowest BCUT2D eigenvalue weighted by atomic mass is 10.2. The molecule has 0 aliphatic carbocycles. The molecule has 0 bridgehead atoms. The van der Waals surface area contributed by atoms with E-state index in [1.54, 1.807) is 0 Å². The van der Waals surface area contributed by atoms with Crippen LogP contribution in [-0.4, -0.2) is 10.2 Å². The van der Waals surface area contributed by atoms with Gasteiger partial charge in [0.05, 0.1) is 6.20 Å². The molecule has 0 aliphatic rings. The van der Waals surface area contributed by atoms with Crippen LogP contribution >= 0.6 is 22.6 Å². The second-order valence-corrected chi connectivity index (χ2v) is 3.24. The van der Waals surface area contributed by atoms with Gasteiger partial charge in [-0.25, -0.2) is 0 Å². The van der Waals surface area contributed by atoms with Gasteiger partial charge in [-0.15, -0.1) is 5.10 Å². The summed E-state index contributed by atoms with van der Waals surface area (Å²) in [5.41, 5.74) is 1.28. The molecule has 0 atom stereocenters. The minimum Gasteiger partial charge on any atom is -0.158 e. The van der Waals surface area contributed by atoms with Crippen molar-refractivity contribution >= 4 is 22.6 Å². The number of halogens is 1. The lowest BCUT2D eigenvalue weighted by Gasteiger charge is -1.95. The molecule has 0 N–H and O–H groups in total. The van der Waals surface area contributed by atoms with Gasteiger partial charge in [0, 0.05) is 0 Å². The van der Waals surface area contributed by atoms with E-state index in [-0.39, 0.29) is 0 Å². The lowest BCUT2D eigenvalue weighted by Crippen LogP contribution is -1.90. The molecule has 0 unspecified atom stereocenters. The highest BCUT2D eigenvalue weighted by Crippen LogP contribution is 2.04. The van der Waals surface area contributed by atoms with Crippen molar-refractivity contribution in [2.45, 2.75) is 19.8 Å². The van der Waals surface area contributed by atoms with E-state index in [4.69, 9.17) is 0 Å². The zero-order valence-electron chi connectivity index (χ0n) is 5.84. The maximum Gasteiger partial charge on any atom is 0.124 e. The van der Waals surface area contributed by atoms with Crippen LogP contribution in [0.5, 0.6) is 0 Å². The van der Waals surface area contributed by atoms with Crippen LogP contribution in [0.15, 0.2) is 12.3 Å². The van der Waals surface area contributed by atoms with Crippen molar-refractivity contribution in [3.05, 3.63) is 21.5 Å². The van der Waals surface area contributed by atoms with Gasteiger partial charge in [-0.05, 0) is 40.6 Å². The van der Waals surface area contributed by atoms with E-state index >= 15 is 0 Å². The topological polar surface area (TPSA) is 25.8 Å². The quantitative estimate of drug-likeness (QED) is 0.748. The van der Waals surface area contributed by atoms with Crippen LogP contribution in [0.3, 0.4) is 0 Å². The van der Waals surface area contributed by atoms with Crippen molar-refractivity contribution in [3.63, 3.8) is 0 Å². The van der Waals surface area contributed by atoms with E-state index < -0.39 is 0 Å². The monoisotopic (exact) mass is 248 g/mol. The molecule has 0 aromatic carbocycles. The predicted molar refractivity (Wildman–Crippen MR) is 48.7 cm³/mol. The molecule has 2 nitrogen and oxygen atoms in total. The third-order valence-corrected chi connectivity index (χ3v) is 1.75. The third kappa shape index (κ3) is 2.21. The normalized spacial score (nSPS) is 9.80. The summed E-state index contributed by atoms with van der Waals surface area (Å²) in [5, 5.41) is 7.70. The molecule has 54 valence electrons. The molecule has 0 saturated carbocycles. The van der Waals surface area contributed by atoms with Gasteiger partial charge in [0.2, 0.25) is 0 Å². The Hall–Kier alpha value is -0.190. The van der Waals surface area contributed by atoms with E-state index in [1.165, 1.54) is 12.0 Å². The number of aromatic nitrogens is 2. The van der Waals surface area contributed by atoms with Crippen LogP contribution < -0.4 is 0 Å². The Morgan fingerprint density at radius 2 is 2.40 bits per heavy atom. The number of hydrogen-bond donors (Lipinski definition) is 0. The first-order valence-electron chi connectivity index (χ1n) is 3.30. The van der Waals surface area contributed by atoms with Crippen molar-refractivity contribution in [1.29, 1.82) is 0 Å². The Labute approximate surface area is 74.2 Å². The Bertz CT molecular complexity index is 213. The number of hydrogen-bond acceptors (Lipinski definition) is 2. The molecule has 10 heavy (non-hydrogen) atoms. The molecule has 0 spiro atoms. The SMILES string of the molecule is CCCc1cnnc(I)c1. The summed E-state index contributed by atoms with van der Waals surface area (Å²) in [6, 6.07) is 2.07. The maximum absolute atomic E-state index is 3.86. The van der Waals surface area contributed by atoms with Crippen LogP contribution in [0, 0.1) is 3.70 Å². The Morgan fingerprint density at radius 3 is 3.00 bits per heavy atom. The van der Waals surface area contributed by atoms with E-state index in [0.717, 1.165) is 10.1 Å². The molecule has 0 saturated heterocycles. The largest absolute Gasteiger partial charge is 0.158 e. The number of aryl methyl sites for hydroxylation is 1. The third-order valence-electron chi connectivity index (χ3n) is 1.22. The van der Waals surface area contributed by atoms with Crippen molar-refractivity contribution in [3.8, 4) is 0 Å². The first kappa shape index (κ1) is 7.91. The van der Waals surface area contributed by atoms with Gasteiger partial charge in [0.15, 0.2) is 0 Å². The first-order chi connectivity index (χ1) is 4.83. The van der Waals surface area contributed by atoms with Crippen molar-refractivity contribution in [2.24, 2.45) is 0 Å². The number of rotatable bonds is 2. The maximum atomic E-state index is 3.86. The number of nitrogens with zero attached hydrogens (tertiary/aromatic N) is 2. The summed E-state index contributed by atoms with van der Waals surface area (Å²) in [7, 11) is 0. The summed E-state index contributed by atoms with van der Waals surface area (Å²) >= 11 is 2.17. The minimum absolute atomic E-state index is 0.976. The fourth-order valence-electron chi connectivity index (χ4n) is 0.803. The fraction of sp³-hybridized carbons (Fsp3) is 0.429. The van der Waals surface area contributed by atoms with Crippen LogP contribution in [0.25, 0.3) is 0 Å². The first-order valence-corrected chi connectivity index (χ1v) is 4.38. The Balaban J connectivity index is 2.75. The second-order valence-electron chi connectivity index (χ2n) is 2.14. The molecule has 0 fully saturated rings. The van der Waals surface area contributed by atoms with Crippen LogP contribution in [0.1, 0.15) is 18.9 Å². The zero-order chi connectivity index (χ0) is 7.40. The van der Waals surface area contributed by atoms with Gasteiger partial charge in [-0.2, -0.15) is 5.10 Å². The summed E-state index contributed by atoms with van der Waals surface area (Å²) in [6.07, 6.45) is 4.10. The molecule has 1 aromatic rings.